The molecule has 18 heavy (non-hydrogen) atoms. The van der Waals surface area contributed by atoms with E-state index in [1.165, 1.54) is 7.11 Å². The van der Waals surface area contributed by atoms with E-state index >= 15 is 0 Å². The molecule has 1 aromatic rings. The Morgan fingerprint density at radius 1 is 1.61 bits per heavy atom. The summed E-state index contributed by atoms with van der Waals surface area (Å²) in [6.07, 6.45) is 1.66. The molecule has 2 rings (SSSR count). The first-order valence-corrected chi connectivity index (χ1v) is 6.09. The first-order chi connectivity index (χ1) is 8.67. The Bertz CT molecular complexity index is 510. The van der Waals surface area contributed by atoms with E-state index in [0.29, 0.717) is 10.6 Å². The van der Waals surface area contributed by atoms with Crippen molar-refractivity contribution < 1.29 is 9.53 Å². The van der Waals surface area contributed by atoms with Gasteiger partial charge in [-0.2, -0.15) is 5.26 Å². The summed E-state index contributed by atoms with van der Waals surface area (Å²) >= 11 is 5.87. The molecular weight excluding hydrogens is 252 g/mol. The largest absolute Gasteiger partial charge is 0.467 e. The van der Waals surface area contributed by atoms with Gasteiger partial charge in [-0.25, -0.2) is 4.79 Å². The van der Waals surface area contributed by atoms with Crippen molar-refractivity contribution in [2.45, 2.75) is 18.9 Å². The molecule has 0 amide bonds. The summed E-state index contributed by atoms with van der Waals surface area (Å²) in [5.41, 5.74) is 1.23. The van der Waals surface area contributed by atoms with Gasteiger partial charge in [0, 0.05) is 11.6 Å². The van der Waals surface area contributed by atoms with E-state index in [1.807, 2.05) is 4.90 Å². The Balaban J connectivity index is 2.36. The van der Waals surface area contributed by atoms with E-state index in [1.54, 1.807) is 18.2 Å². The highest BCUT2D eigenvalue weighted by Crippen LogP contribution is 2.30. The van der Waals surface area contributed by atoms with E-state index in [2.05, 4.69) is 6.07 Å². The minimum Gasteiger partial charge on any atom is -0.467 e. The van der Waals surface area contributed by atoms with Crippen LogP contribution in [0, 0.1) is 11.3 Å². The lowest BCUT2D eigenvalue weighted by Gasteiger charge is -2.25. The Kier molecular flexibility index (Phi) is 3.73. The molecule has 1 atom stereocenters. The predicted molar refractivity (Wildman–Crippen MR) is 68.6 cm³/mol. The molecule has 0 aliphatic carbocycles. The second kappa shape index (κ2) is 5.28. The van der Waals surface area contributed by atoms with Gasteiger partial charge in [0.1, 0.15) is 12.1 Å². The lowest BCUT2D eigenvalue weighted by Crippen LogP contribution is -2.37. The molecule has 4 nitrogen and oxygen atoms in total. The quantitative estimate of drug-likeness (QED) is 0.770. The van der Waals surface area contributed by atoms with Gasteiger partial charge in [-0.05, 0) is 31.0 Å². The third-order valence-electron chi connectivity index (χ3n) is 3.11. The molecular formula is C13H13ClN2O2. The normalized spacial score (nSPS) is 18.5. The smallest absolute Gasteiger partial charge is 0.328 e. The molecule has 0 spiro atoms. The second-order valence-corrected chi connectivity index (χ2v) is 4.58. The minimum absolute atomic E-state index is 0.258. The van der Waals surface area contributed by atoms with Crippen molar-refractivity contribution in [3.8, 4) is 6.07 Å². The average Bonchev–Trinajstić information content (AvgIpc) is 2.86. The number of nitrogens with zero attached hydrogens (tertiary/aromatic N) is 2. The fourth-order valence-electron chi connectivity index (χ4n) is 2.28. The van der Waals surface area contributed by atoms with Crippen molar-refractivity contribution in [1.82, 2.24) is 0 Å². The van der Waals surface area contributed by atoms with E-state index in [4.69, 9.17) is 21.6 Å². The molecule has 1 fully saturated rings. The van der Waals surface area contributed by atoms with Crippen LogP contribution in [0.5, 0.6) is 0 Å². The number of hydrogen-bond acceptors (Lipinski definition) is 4. The van der Waals surface area contributed by atoms with Crippen LogP contribution in [-0.2, 0) is 9.53 Å². The number of anilines is 1. The number of rotatable bonds is 2. The average molecular weight is 265 g/mol. The Labute approximate surface area is 111 Å². The van der Waals surface area contributed by atoms with Crippen molar-refractivity contribution in [3.05, 3.63) is 28.8 Å². The lowest BCUT2D eigenvalue weighted by atomic mass is 10.1. The molecule has 0 saturated carbocycles. The van der Waals surface area contributed by atoms with Gasteiger partial charge in [0.15, 0.2) is 0 Å². The fraction of sp³-hybridized carbons (Fsp3) is 0.385. The number of ether oxygens (including phenoxy) is 1. The van der Waals surface area contributed by atoms with Gasteiger partial charge in [0.05, 0.1) is 18.4 Å². The van der Waals surface area contributed by atoms with Crippen LogP contribution in [0.3, 0.4) is 0 Å². The maximum atomic E-state index is 11.7. The second-order valence-electron chi connectivity index (χ2n) is 4.15. The number of carbonyl (C=O) groups excluding carboxylic acids is 1. The van der Waals surface area contributed by atoms with Crippen LogP contribution >= 0.6 is 11.6 Å². The molecule has 1 aliphatic rings. The van der Waals surface area contributed by atoms with Gasteiger partial charge in [-0.1, -0.05) is 11.6 Å². The summed E-state index contributed by atoms with van der Waals surface area (Å²) in [6, 6.07) is 6.93. The first-order valence-electron chi connectivity index (χ1n) is 5.71. The third-order valence-corrected chi connectivity index (χ3v) is 3.35. The first kappa shape index (κ1) is 12.7. The van der Waals surface area contributed by atoms with Crippen molar-refractivity contribution in [2.75, 3.05) is 18.6 Å². The predicted octanol–water partition coefficient (Wildman–Crippen LogP) is 2.35. The molecule has 5 heteroatoms. The zero-order chi connectivity index (χ0) is 13.1. The number of methoxy groups -OCH3 is 1. The van der Waals surface area contributed by atoms with Crippen molar-refractivity contribution in [1.29, 1.82) is 5.26 Å². The Morgan fingerprint density at radius 2 is 2.39 bits per heavy atom. The summed E-state index contributed by atoms with van der Waals surface area (Å²) in [6.45, 7) is 0.746. The highest BCUT2D eigenvalue weighted by Gasteiger charge is 2.32. The van der Waals surface area contributed by atoms with E-state index in [9.17, 15) is 4.79 Å². The van der Waals surface area contributed by atoms with E-state index < -0.39 is 0 Å². The summed E-state index contributed by atoms with van der Waals surface area (Å²) in [5.74, 6) is -0.258. The van der Waals surface area contributed by atoms with Gasteiger partial charge >= 0.3 is 5.97 Å². The highest BCUT2D eigenvalue weighted by atomic mass is 35.5. The maximum Gasteiger partial charge on any atom is 0.328 e. The number of hydrogen-bond donors (Lipinski definition) is 0. The molecule has 1 unspecified atom stereocenters. The maximum absolute atomic E-state index is 11.7. The molecule has 94 valence electrons. The van der Waals surface area contributed by atoms with Crippen LogP contribution in [0.4, 0.5) is 5.69 Å². The molecule has 0 radical (unpaired) electrons. The molecule has 1 saturated heterocycles. The fourth-order valence-corrected chi connectivity index (χ4v) is 2.46. The summed E-state index contributed by atoms with van der Waals surface area (Å²) in [5, 5.41) is 9.65. The van der Waals surface area contributed by atoms with Crippen LogP contribution in [-0.4, -0.2) is 25.7 Å². The van der Waals surface area contributed by atoms with E-state index in [-0.39, 0.29) is 12.0 Å². The van der Waals surface area contributed by atoms with Crippen LogP contribution in [0.15, 0.2) is 18.2 Å². The Hall–Kier alpha value is -1.73. The van der Waals surface area contributed by atoms with Gasteiger partial charge in [0.25, 0.3) is 0 Å². The van der Waals surface area contributed by atoms with Gasteiger partial charge < -0.3 is 9.64 Å². The minimum atomic E-state index is -0.303. The molecule has 1 aliphatic heterocycles. The zero-order valence-electron chi connectivity index (χ0n) is 10.0. The van der Waals surface area contributed by atoms with Crippen molar-refractivity contribution >= 4 is 23.3 Å². The molecule has 0 bridgehead atoms. The number of esters is 1. The monoisotopic (exact) mass is 264 g/mol. The topological polar surface area (TPSA) is 53.3 Å². The van der Waals surface area contributed by atoms with Crippen LogP contribution in [0.25, 0.3) is 0 Å². The zero-order valence-corrected chi connectivity index (χ0v) is 10.8. The lowest BCUT2D eigenvalue weighted by molar-refractivity contribution is -0.141. The van der Waals surface area contributed by atoms with Crippen molar-refractivity contribution in [3.63, 3.8) is 0 Å². The summed E-state index contributed by atoms with van der Waals surface area (Å²) in [4.78, 5) is 13.6. The van der Waals surface area contributed by atoms with Crippen LogP contribution in [0.2, 0.25) is 5.02 Å². The Morgan fingerprint density at radius 3 is 3.06 bits per heavy atom. The number of nitriles is 1. The number of halogens is 1. The molecule has 1 heterocycles. The standard InChI is InChI=1S/C13H13ClN2O2/c1-18-13(17)12-3-2-6-16(12)11-5-4-10(14)7-9(11)8-15/h4-5,7,12H,2-3,6H2,1H3. The van der Waals surface area contributed by atoms with Crippen LogP contribution < -0.4 is 4.90 Å². The van der Waals surface area contributed by atoms with Crippen LogP contribution in [0.1, 0.15) is 18.4 Å². The summed E-state index contributed by atoms with van der Waals surface area (Å²) < 4.78 is 4.79. The molecule has 1 aromatic carbocycles. The SMILES string of the molecule is COC(=O)C1CCCN1c1ccc(Cl)cc1C#N. The van der Waals surface area contributed by atoms with Gasteiger partial charge in [0.2, 0.25) is 0 Å². The van der Waals surface area contributed by atoms with Gasteiger partial charge in [-0.3, -0.25) is 0 Å². The molecule has 0 N–H and O–H groups in total. The summed E-state index contributed by atoms with van der Waals surface area (Å²) in [7, 11) is 1.38. The highest BCUT2D eigenvalue weighted by molar-refractivity contribution is 6.30. The molecule has 0 aromatic heterocycles. The van der Waals surface area contributed by atoms with Crippen molar-refractivity contribution in [2.24, 2.45) is 0 Å². The van der Waals surface area contributed by atoms with E-state index in [0.717, 1.165) is 25.1 Å². The number of benzene rings is 1. The third kappa shape index (κ3) is 2.27. The number of carbonyl (C=O) groups is 1. The van der Waals surface area contributed by atoms with Gasteiger partial charge in [-0.15, -0.1) is 0 Å².